The lowest BCUT2D eigenvalue weighted by Gasteiger charge is -2.15. The molecule has 3 N–H and O–H groups in total. The van der Waals surface area contributed by atoms with Gasteiger partial charge in [-0.3, -0.25) is 14.9 Å². The summed E-state index contributed by atoms with van der Waals surface area (Å²) in [5.74, 6) is -3.29. The van der Waals surface area contributed by atoms with Gasteiger partial charge < -0.3 is 9.84 Å². The van der Waals surface area contributed by atoms with Gasteiger partial charge in [0.1, 0.15) is 12.4 Å². The van der Waals surface area contributed by atoms with Crippen LogP contribution >= 0.6 is 0 Å². The number of hydroxylamine groups is 1. The Balaban J connectivity index is 1.41. The van der Waals surface area contributed by atoms with E-state index < -0.39 is 36.0 Å². The molecule has 9 heteroatoms. The predicted octanol–water partition coefficient (Wildman–Crippen LogP) is 3.93. The molecule has 0 bridgehead atoms. The van der Waals surface area contributed by atoms with Crippen LogP contribution in [0.2, 0.25) is 0 Å². The third-order valence-electron chi connectivity index (χ3n) is 5.16. The number of carbonyl (C=O) groups is 3. The van der Waals surface area contributed by atoms with Crippen LogP contribution in [-0.2, 0) is 14.4 Å². The van der Waals surface area contributed by atoms with Crippen LogP contribution in [0.25, 0.3) is 11.1 Å². The van der Waals surface area contributed by atoms with E-state index in [0.717, 1.165) is 34.4 Å². The number of carboxylic acids is 1. The first-order valence-electron chi connectivity index (χ1n) is 9.99. The molecule has 0 fully saturated rings. The van der Waals surface area contributed by atoms with Crippen LogP contribution in [0.3, 0.4) is 0 Å². The monoisotopic (exact) mass is 450 g/mol. The zero-order valence-corrected chi connectivity index (χ0v) is 17.2. The second kappa shape index (κ2) is 9.49. The van der Waals surface area contributed by atoms with Gasteiger partial charge in [-0.05, 0) is 40.5 Å². The highest BCUT2D eigenvalue weighted by molar-refractivity contribution is 5.96. The van der Waals surface area contributed by atoms with Gasteiger partial charge in [0.05, 0.1) is 5.56 Å². The fraction of sp³-hybridized carbons (Fsp3) is 0.125. The average molecular weight is 450 g/mol. The highest BCUT2D eigenvalue weighted by Gasteiger charge is 2.29. The van der Waals surface area contributed by atoms with E-state index in [1.165, 1.54) is 6.07 Å². The fourth-order valence-electron chi connectivity index (χ4n) is 3.75. The van der Waals surface area contributed by atoms with Gasteiger partial charge in [-0.1, -0.05) is 48.5 Å². The molecule has 0 saturated heterocycles. The molecule has 0 aromatic heterocycles. The predicted molar refractivity (Wildman–Crippen MR) is 116 cm³/mol. The first-order chi connectivity index (χ1) is 15.9. The molecule has 0 spiro atoms. The Morgan fingerprint density at radius 2 is 1.58 bits per heavy atom. The van der Waals surface area contributed by atoms with Crippen molar-refractivity contribution in [1.29, 1.82) is 0 Å². The molecule has 1 aliphatic rings. The summed E-state index contributed by atoms with van der Waals surface area (Å²) in [5, 5.41) is 11.0. The van der Waals surface area contributed by atoms with Gasteiger partial charge in [-0.25, -0.2) is 19.5 Å². The summed E-state index contributed by atoms with van der Waals surface area (Å²) in [6.45, 7) is -0.692. The summed E-state index contributed by atoms with van der Waals surface area (Å²) in [4.78, 5) is 39.3. The number of hydrogen-bond donors (Lipinski definition) is 3. The molecule has 1 aliphatic carbocycles. The molecule has 4 rings (SSSR count). The van der Waals surface area contributed by atoms with E-state index in [1.54, 1.807) is 0 Å². The Kier molecular flexibility index (Phi) is 6.32. The number of rotatable bonds is 7. The molecule has 0 saturated carbocycles. The summed E-state index contributed by atoms with van der Waals surface area (Å²) in [7, 11) is 0. The van der Waals surface area contributed by atoms with Gasteiger partial charge in [0.15, 0.2) is 6.61 Å². The van der Waals surface area contributed by atoms with E-state index in [1.807, 2.05) is 54.0 Å². The summed E-state index contributed by atoms with van der Waals surface area (Å²) >= 11 is 0. The Labute approximate surface area is 187 Å². The standard InChI is InChI=1S/C24H19FN2O6/c25-21-10-9-14(11-19(21)23(30)27-33-13-22(28)29)26-24(31)32-12-20-17-7-3-1-5-15(17)16-6-2-4-8-18(16)20/h1-11,20H,12-13H2,(H,26,31)(H,27,30)(H,28,29). The van der Waals surface area contributed by atoms with Crippen LogP contribution in [-0.4, -0.2) is 36.3 Å². The van der Waals surface area contributed by atoms with Crippen molar-refractivity contribution < 1.29 is 33.5 Å². The van der Waals surface area contributed by atoms with E-state index in [4.69, 9.17) is 9.84 Å². The van der Waals surface area contributed by atoms with E-state index in [9.17, 15) is 18.8 Å². The number of benzene rings is 3. The van der Waals surface area contributed by atoms with Gasteiger partial charge >= 0.3 is 12.1 Å². The van der Waals surface area contributed by atoms with Gasteiger partial charge in [0.2, 0.25) is 0 Å². The smallest absolute Gasteiger partial charge is 0.411 e. The molecule has 0 radical (unpaired) electrons. The number of anilines is 1. The number of nitrogens with one attached hydrogen (secondary N) is 2. The SMILES string of the molecule is O=C(O)CONC(=O)c1cc(NC(=O)OCC2c3ccccc3-c3ccccc32)ccc1F. The molecule has 8 nitrogen and oxygen atoms in total. The molecular formula is C24H19FN2O6. The first-order valence-corrected chi connectivity index (χ1v) is 9.99. The highest BCUT2D eigenvalue weighted by atomic mass is 19.1. The van der Waals surface area contributed by atoms with Crippen LogP contribution in [0.1, 0.15) is 27.4 Å². The molecule has 2 amide bonds. The number of carboxylic acid groups (broad SMARTS) is 1. The van der Waals surface area contributed by atoms with Crippen LogP contribution in [0.5, 0.6) is 0 Å². The number of hydrogen-bond acceptors (Lipinski definition) is 5. The van der Waals surface area contributed by atoms with Gasteiger partial charge in [0, 0.05) is 11.6 Å². The summed E-state index contributed by atoms with van der Waals surface area (Å²) in [6.07, 6.45) is -0.767. The first kappa shape index (κ1) is 22.0. The quantitative estimate of drug-likeness (QED) is 0.470. The molecule has 0 unspecified atom stereocenters. The van der Waals surface area contributed by atoms with E-state index >= 15 is 0 Å². The minimum atomic E-state index is -1.30. The van der Waals surface area contributed by atoms with Crippen molar-refractivity contribution in [3.63, 3.8) is 0 Å². The summed E-state index contributed by atoms with van der Waals surface area (Å²) < 4.78 is 19.4. The maximum atomic E-state index is 14.0. The van der Waals surface area contributed by atoms with E-state index in [0.29, 0.717) is 0 Å². The van der Waals surface area contributed by atoms with Crippen molar-refractivity contribution in [2.24, 2.45) is 0 Å². The summed E-state index contributed by atoms with van der Waals surface area (Å²) in [6, 6.07) is 19.2. The normalized spacial score (nSPS) is 11.9. The lowest BCUT2D eigenvalue weighted by Crippen LogP contribution is -2.27. The third kappa shape index (κ3) is 4.83. The number of carbonyl (C=O) groups excluding carboxylic acids is 2. The van der Waals surface area contributed by atoms with Crippen molar-refractivity contribution >= 4 is 23.7 Å². The van der Waals surface area contributed by atoms with Crippen molar-refractivity contribution in [1.82, 2.24) is 5.48 Å². The zero-order valence-electron chi connectivity index (χ0n) is 17.2. The molecule has 0 heterocycles. The molecule has 3 aromatic carbocycles. The minimum absolute atomic E-state index is 0.0947. The fourth-order valence-corrected chi connectivity index (χ4v) is 3.75. The zero-order chi connectivity index (χ0) is 23.4. The number of amides is 2. The molecule has 3 aromatic rings. The Morgan fingerprint density at radius 3 is 2.21 bits per heavy atom. The number of ether oxygens (including phenoxy) is 1. The minimum Gasteiger partial charge on any atom is -0.479 e. The molecule has 0 aliphatic heterocycles. The number of halogens is 1. The second-order valence-electron chi connectivity index (χ2n) is 7.26. The van der Waals surface area contributed by atoms with E-state index in [2.05, 4.69) is 10.2 Å². The molecular weight excluding hydrogens is 431 g/mol. The van der Waals surface area contributed by atoms with Gasteiger partial charge in [0.25, 0.3) is 5.91 Å². The van der Waals surface area contributed by atoms with Crippen molar-refractivity contribution in [2.75, 3.05) is 18.5 Å². The Hall–Kier alpha value is -4.24. The molecule has 168 valence electrons. The second-order valence-corrected chi connectivity index (χ2v) is 7.26. The van der Waals surface area contributed by atoms with Crippen molar-refractivity contribution in [3.8, 4) is 11.1 Å². The molecule has 33 heavy (non-hydrogen) atoms. The largest absolute Gasteiger partial charge is 0.479 e. The average Bonchev–Trinajstić information content (AvgIpc) is 3.12. The lowest BCUT2D eigenvalue weighted by molar-refractivity contribution is -0.144. The number of fused-ring (bicyclic) bond motifs is 3. The number of aliphatic carboxylic acids is 1. The summed E-state index contributed by atoms with van der Waals surface area (Å²) in [5.41, 5.74) is 5.84. The third-order valence-corrected chi connectivity index (χ3v) is 5.16. The Morgan fingerprint density at radius 1 is 0.939 bits per heavy atom. The van der Waals surface area contributed by atoms with Crippen LogP contribution < -0.4 is 10.8 Å². The maximum absolute atomic E-state index is 14.0. The van der Waals surface area contributed by atoms with Crippen LogP contribution in [0.15, 0.2) is 66.7 Å². The maximum Gasteiger partial charge on any atom is 0.411 e. The van der Waals surface area contributed by atoms with Crippen molar-refractivity contribution in [3.05, 3.63) is 89.2 Å². The topological polar surface area (TPSA) is 114 Å². The Bertz CT molecular complexity index is 1180. The van der Waals surface area contributed by atoms with Gasteiger partial charge in [-0.15, -0.1) is 0 Å². The van der Waals surface area contributed by atoms with Crippen LogP contribution in [0, 0.1) is 5.82 Å². The van der Waals surface area contributed by atoms with Crippen molar-refractivity contribution in [2.45, 2.75) is 5.92 Å². The highest BCUT2D eigenvalue weighted by Crippen LogP contribution is 2.44. The van der Waals surface area contributed by atoms with Gasteiger partial charge in [-0.2, -0.15) is 0 Å². The van der Waals surface area contributed by atoms with Crippen LogP contribution in [0.4, 0.5) is 14.9 Å². The molecule has 0 atom stereocenters. The lowest BCUT2D eigenvalue weighted by atomic mass is 9.98. The van der Waals surface area contributed by atoms with E-state index in [-0.39, 0.29) is 18.2 Å².